The molecule has 2 aromatic carbocycles. The van der Waals surface area contributed by atoms with E-state index in [0.717, 1.165) is 28.9 Å². The Bertz CT molecular complexity index is 1130. The first kappa shape index (κ1) is 21.8. The summed E-state index contributed by atoms with van der Waals surface area (Å²) in [5.74, 6) is 0.363. The first-order valence-corrected chi connectivity index (χ1v) is 10.8. The predicted molar refractivity (Wildman–Crippen MR) is 129 cm³/mol. The Kier molecular flexibility index (Phi) is 6.10. The molecule has 164 valence electrons. The van der Waals surface area contributed by atoms with E-state index in [1.165, 1.54) is 5.56 Å². The van der Waals surface area contributed by atoms with Crippen molar-refractivity contribution in [2.75, 3.05) is 25.5 Å². The van der Waals surface area contributed by atoms with Gasteiger partial charge in [0.15, 0.2) is 0 Å². The molecule has 1 aliphatic rings. The molecule has 0 aliphatic carbocycles. The number of pyridine rings is 1. The second kappa shape index (κ2) is 8.97. The largest absolute Gasteiger partial charge is 0.480 e. The Hall–Kier alpha value is -3.44. The molecule has 5 nitrogen and oxygen atoms in total. The van der Waals surface area contributed by atoms with Crippen LogP contribution < -0.4 is 10.1 Å². The molecule has 0 bridgehead atoms. The molecular formula is C27H29N3O2. The summed E-state index contributed by atoms with van der Waals surface area (Å²) in [6.07, 6.45) is 0. The van der Waals surface area contributed by atoms with E-state index in [1.54, 1.807) is 7.11 Å². The molecule has 0 unspecified atom stereocenters. The van der Waals surface area contributed by atoms with Crippen LogP contribution in [0.3, 0.4) is 0 Å². The molecule has 32 heavy (non-hydrogen) atoms. The van der Waals surface area contributed by atoms with E-state index in [2.05, 4.69) is 33.9 Å². The van der Waals surface area contributed by atoms with E-state index in [1.807, 2.05) is 68.4 Å². The number of hydrogen-bond donors (Lipinski definition) is 1. The van der Waals surface area contributed by atoms with Crippen molar-refractivity contribution in [2.24, 2.45) is 0 Å². The number of benzene rings is 2. The first-order valence-electron chi connectivity index (χ1n) is 10.8. The second-order valence-electron chi connectivity index (χ2n) is 8.50. The minimum Gasteiger partial charge on any atom is -0.480 e. The summed E-state index contributed by atoms with van der Waals surface area (Å²) in [7, 11) is 1.56. The number of aromatic nitrogens is 1. The van der Waals surface area contributed by atoms with Crippen molar-refractivity contribution in [3.05, 3.63) is 95.7 Å². The fraction of sp³-hybridized carbons (Fsp3) is 0.259. The molecule has 1 aromatic heterocycles. The van der Waals surface area contributed by atoms with Crippen molar-refractivity contribution in [2.45, 2.75) is 25.8 Å². The van der Waals surface area contributed by atoms with E-state index in [0.29, 0.717) is 24.7 Å². The quantitative estimate of drug-likeness (QED) is 0.587. The van der Waals surface area contributed by atoms with E-state index >= 15 is 0 Å². The van der Waals surface area contributed by atoms with E-state index in [9.17, 15) is 4.79 Å². The van der Waals surface area contributed by atoms with Crippen LogP contribution in [-0.2, 0) is 16.8 Å². The molecule has 0 atom stereocenters. The third kappa shape index (κ3) is 4.16. The van der Waals surface area contributed by atoms with Gasteiger partial charge < -0.3 is 10.1 Å². The van der Waals surface area contributed by atoms with Crippen LogP contribution in [0.2, 0.25) is 0 Å². The van der Waals surface area contributed by atoms with Crippen molar-refractivity contribution in [1.29, 1.82) is 0 Å². The molecule has 1 aliphatic heterocycles. The third-order valence-corrected chi connectivity index (χ3v) is 6.01. The van der Waals surface area contributed by atoms with Gasteiger partial charge in [-0.2, -0.15) is 0 Å². The van der Waals surface area contributed by atoms with Gasteiger partial charge in [-0.05, 0) is 42.7 Å². The van der Waals surface area contributed by atoms with Crippen LogP contribution in [0.5, 0.6) is 5.88 Å². The molecule has 2 heterocycles. The zero-order valence-electron chi connectivity index (χ0n) is 18.9. The van der Waals surface area contributed by atoms with Crippen molar-refractivity contribution >= 4 is 17.2 Å². The smallest absolute Gasteiger partial charge is 0.237 e. The zero-order valence-corrected chi connectivity index (χ0v) is 18.9. The van der Waals surface area contributed by atoms with Gasteiger partial charge >= 0.3 is 0 Å². The standard InChI is InChI=1S/C27H29N3O2/c1-19(2)22-12-8-9-13-23(22)27(17-30(18-27)16-21-10-6-5-7-11-21)26(31)29-24-15-14-20(3)28-25(24)32-4/h5-15H,1,16-18H2,2-4H3,(H,29,31). The van der Waals surface area contributed by atoms with Gasteiger partial charge in [-0.15, -0.1) is 0 Å². The van der Waals surface area contributed by atoms with E-state index in [4.69, 9.17) is 4.74 Å². The number of hydrogen-bond acceptors (Lipinski definition) is 4. The summed E-state index contributed by atoms with van der Waals surface area (Å²) >= 11 is 0. The molecule has 1 saturated heterocycles. The summed E-state index contributed by atoms with van der Waals surface area (Å²) in [6.45, 7) is 10.1. The highest BCUT2D eigenvalue weighted by atomic mass is 16.5. The van der Waals surface area contributed by atoms with Crippen LogP contribution in [0.25, 0.3) is 5.57 Å². The number of carbonyl (C=O) groups is 1. The predicted octanol–water partition coefficient (Wildman–Crippen LogP) is 4.82. The summed E-state index contributed by atoms with van der Waals surface area (Å²) in [6, 6.07) is 22.1. The minimum atomic E-state index is -0.680. The van der Waals surface area contributed by atoms with Crippen LogP contribution in [0, 0.1) is 6.92 Å². The Labute approximate surface area is 189 Å². The lowest BCUT2D eigenvalue weighted by atomic mass is 9.70. The molecule has 1 N–H and O–H groups in total. The topological polar surface area (TPSA) is 54.5 Å². The number of aryl methyl sites for hydroxylation is 1. The SMILES string of the molecule is C=C(C)c1ccccc1C1(C(=O)Nc2ccc(C)nc2OC)CN(Cc2ccccc2)C1. The molecular weight excluding hydrogens is 398 g/mol. The van der Waals surface area contributed by atoms with Crippen molar-refractivity contribution < 1.29 is 9.53 Å². The zero-order chi connectivity index (χ0) is 22.7. The number of ether oxygens (including phenoxy) is 1. The first-order chi connectivity index (χ1) is 15.4. The summed E-state index contributed by atoms with van der Waals surface area (Å²) in [5, 5.41) is 3.10. The lowest BCUT2D eigenvalue weighted by Crippen LogP contribution is -2.64. The van der Waals surface area contributed by atoms with Gasteiger partial charge in [0.1, 0.15) is 11.1 Å². The molecule has 1 fully saturated rings. The normalized spacial score (nSPS) is 15.0. The third-order valence-electron chi connectivity index (χ3n) is 6.01. The average molecular weight is 428 g/mol. The number of methoxy groups -OCH3 is 1. The molecule has 0 saturated carbocycles. The van der Waals surface area contributed by atoms with Crippen LogP contribution in [0.1, 0.15) is 29.3 Å². The summed E-state index contributed by atoms with van der Waals surface area (Å²) in [4.78, 5) is 20.5. The second-order valence-corrected chi connectivity index (χ2v) is 8.50. The highest BCUT2D eigenvalue weighted by molar-refractivity contribution is 6.02. The maximum absolute atomic E-state index is 13.8. The Morgan fingerprint density at radius 1 is 1.09 bits per heavy atom. The number of nitrogens with one attached hydrogen (secondary N) is 1. The van der Waals surface area contributed by atoms with Gasteiger partial charge in [0, 0.05) is 25.3 Å². The molecule has 4 rings (SSSR count). The lowest BCUT2D eigenvalue weighted by Gasteiger charge is -2.50. The number of amides is 1. The van der Waals surface area contributed by atoms with E-state index < -0.39 is 5.41 Å². The highest BCUT2D eigenvalue weighted by Gasteiger charge is 2.51. The number of carbonyl (C=O) groups excluding carboxylic acids is 1. The maximum Gasteiger partial charge on any atom is 0.237 e. The fourth-order valence-electron chi connectivity index (χ4n) is 4.40. The number of allylic oxidation sites excluding steroid dienone is 1. The number of rotatable bonds is 7. The van der Waals surface area contributed by atoms with Crippen LogP contribution in [0.4, 0.5) is 5.69 Å². The van der Waals surface area contributed by atoms with Crippen molar-refractivity contribution in [1.82, 2.24) is 9.88 Å². The molecule has 5 heteroatoms. The highest BCUT2D eigenvalue weighted by Crippen LogP contribution is 2.40. The van der Waals surface area contributed by atoms with Gasteiger partial charge in [-0.25, -0.2) is 4.98 Å². The maximum atomic E-state index is 13.8. The van der Waals surface area contributed by atoms with E-state index in [-0.39, 0.29) is 5.91 Å². The fourth-order valence-corrected chi connectivity index (χ4v) is 4.40. The molecule has 0 spiro atoms. The monoisotopic (exact) mass is 427 g/mol. The lowest BCUT2D eigenvalue weighted by molar-refractivity contribution is -0.128. The van der Waals surface area contributed by atoms with Gasteiger partial charge in [0.2, 0.25) is 11.8 Å². The van der Waals surface area contributed by atoms with Gasteiger partial charge in [-0.1, -0.05) is 66.7 Å². The van der Waals surface area contributed by atoms with Gasteiger partial charge in [0.25, 0.3) is 0 Å². The summed E-state index contributed by atoms with van der Waals surface area (Å²) in [5.41, 5.74) is 4.95. The number of nitrogens with zero attached hydrogens (tertiary/aromatic N) is 2. The number of likely N-dealkylation sites (tertiary alicyclic amines) is 1. The molecule has 1 amide bonds. The molecule has 3 aromatic rings. The van der Waals surface area contributed by atoms with Gasteiger partial charge in [0.05, 0.1) is 7.11 Å². The van der Waals surface area contributed by atoms with Crippen LogP contribution >= 0.6 is 0 Å². The van der Waals surface area contributed by atoms with Gasteiger partial charge in [-0.3, -0.25) is 9.69 Å². The Balaban J connectivity index is 1.66. The minimum absolute atomic E-state index is 0.0561. The molecule has 0 radical (unpaired) electrons. The van der Waals surface area contributed by atoms with Crippen molar-refractivity contribution in [3.63, 3.8) is 0 Å². The Morgan fingerprint density at radius 2 is 1.78 bits per heavy atom. The van der Waals surface area contributed by atoms with Crippen molar-refractivity contribution in [3.8, 4) is 5.88 Å². The van der Waals surface area contributed by atoms with Crippen LogP contribution in [0.15, 0.2) is 73.3 Å². The summed E-state index contributed by atoms with van der Waals surface area (Å²) < 4.78 is 5.41. The number of anilines is 1. The van der Waals surface area contributed by atoms with Crippen LogP contribution in [-0.4, -0.2) is 36.0 Å². The Morgan fingerprint density at radius 3 is 2.47 bits per heavy atom. The average Bonchev–Trinajstić information content (AvgIpc) is 2.77.